The minimum Gasteiger partial charge on any atom is -0.481 e. The summed E-state index contributed by atoms with van der Waals surface area (Å²) < 4.78 is 10.7. The average molecular weight is 207 g/mol. The molecule has 4 nitrogen and oxygen atoms in total. The Hall–Kier alpha value is -0.420. The van der Waals surface area contributed by atoms with Crippen molar-refractivity contribution in [1.82, 2.24) is 5.32 Å². The molecule has 13 heavy (non-hydrogen) atoms. The number of aliphatic carboxylic acids is 1. The van der Waals surface area contributed by atoms with Crippen molar-refractivity contribution >= 4 is 16.8 Å². The van der Waals surface area contributed by atoms with Crippen molar-refractivity contribution in [3.63, 3.8) is 0 Å². The van der Waals surface area contributed by atoms with Gasteiger partial charge in [0.1, 0.15) is 0 Å². The molecule has 0 aromatic heterocycles. The number of rotatable bonds is 7. The van der Waals surface area contributed by atoms with Gasteiger partial charge in [0, 0.05) is 41.8 Å². The first-order valence-corrected chi connectivity index (χ1v) is 6.00. The fraction of sp³-hybridized carbons (Fsp3) is 0.875. The first-order chi connectivity index (χ1) is 6.02. The highest BCUT2D eigenvalue weighted by Gasteiger charge is 2.04. The van der Waals surface area contributed by atoms with Gasteiger partial charge in [-0.05, 0) is 13.3 Å². The van der Waals surface area contributed by atoms with E-state index in [1.54, 1.807) is 6.26 Å². The highest BCUT2D eigenvalue weighted by atomic mass is 32.2. The minimum absolute atomic E-state index is 0.180. The smallest absolute Gasteiger partial charge is 0.303 e. The maximum absolute atomic E-state index is 10.7. The Morgan fingerprint density at radius 3 is 2.69 bits per heavy atom. The number of hydrogen-bond donors (Lipinski definition) is 2. The molecule has 0 amide bonds. The Morgan fingerprint density at radius 2 is 2.23 bits per heavy atom. The van der Waals surface area contributed by atoms with Crippen LogP contribution in [0.15, 0.2) is 0 Å². The van der Waals surface area contributed by atoms with Crippen LogP contribution in [0.1, 0.15) is 19.8 Å². The fourth-order valence-corrected chi connectivity index (χ4v) is 1.30. The van der Waals surface area contributed by atoms with Gasteiger partial charge in [0.25, 0.3) is 0 Å². The Morgan fingerprint density at radius 1 is 1.62 bits per heavy atom. The third kappa shape index (κ3) is 9.49. The van der Waals surface area contributed by atoms with Gasteiger partial charge in [-0.2, -0.15) is 0 Å². The predicted octanol–water partition coefficient (Wildman–Crippen LogP) is 0.208. The normalized spacial score (nSPS) is 15.2. The molecule has 0 aliphatic carbocycles. The molecule has 78 valence electrons. The Balaban J connectivity index is 3.35. The fourth-order valence-electron chi connectivity index (χ4n) is 0.891. The summed E-state index contributed by atoms with van der Waals surface area (Å²) in [6.07, 6.45) is 2.46. The minimum atomic E-state index is -0.774. The molecule has 2 atom stereocenters. The van der Waals surface area contributed by atoms with Crippen LogP contribution in [0.2, 0.25) is 0 Å². The summed E-state index contributed by atoms with van der Waals surface area (Å²) in [4.78, 5) is 10.2. The molecule has 0 heterocycles. The van der Waals surface area contributed by atoms with Crippen LogP contribution in [0, 0.1) is 0 Å². The lowest BCUT2D eigenvalue weighted by Crippen LogP contribution is -2.30. The van der Waals surface area contributed by atoms with Crippen molar-refractivity contribution in [2.45, 2.75) is 25.8 Å². The lowest BCUT2D eigenvalue weighted by atomic mass is 10.2. The van der Waals surface area contributed by atoms with Crippen LogP contribution in [-0.4, -0.2) is 39.9 Å². The molecule has 0 fully saturated rings. The van der Waals surface area contributed by atoms with Gasteiger partial charge in [0.05, 0.1) is 0 Å². The highest BCUT2D eigenvalue weighted by molar-refractivity contribution is 7.84. The van der Waals surface area contributed by atoms with Crippen molar-refractivity contribution in [3.05, 3.63) is 0 Å². The first-order valence-electron chi connectivity index (χ1n) is 4.27. The number of carboxylic acids is 1. The van der Waals surface area contributed by atoms with E-state index in [1.807, 2.05) is 6.92 Å². The Labute approximate surface area is 81.2 Å². The zero-order valence-corrected chi connectivity index (χ0v) is 8.89. The van der Waals surface area contributed by atoms with Crippen LogP contribution in [-0.2, 0) is 15.6 Å². The monoisotopic (exact) mass is 207 g/mol. The molecule has 0 rings (SSSR count). The molecule has 0 aromatic rings. The molecule has 0 saturated carbocycles. The summed E-state index contributed by atoms with van der Waals surface area (Å²) in [6, 6.07) is 0.180. The second-order valence-corrected chi connectivity index (χ2v) is 4.62. The lowest BCUT2D eigenvalue weighted by Gasteiger charge is -2.11. The molecule has 0 bridgehead atoms. The van der Waals surface area contributed by atoms with Gasteiger partial charge in [-0.3, -0.25) is 9.00 Å². The van der Waals surface area contributed by atoms with E-state index < -0.39 is 16.8 Å². The molecule has 0 saturated heterocycles. The van der Waals surface area contributed by atoms with Gasteiger partial charge < -0.3 is 10.4 Å². The third-order valence-electron chi connectivity index (χ3n) is 1.67. The molecule has 0 aromatic carbocycles. The van der Waals surface area contributed by atoms with E-state index in [2.05, 4.69) is 5.32 Å². The van der Waals surface area contributed by atoms with Crippen LogP contribution in [0.25, 0.3) is 0 Å². The molecule has 0 spiro atoms. The molecule has 0 aliphatic rings. The largest absolute Gasteiger partial charge is 0.481 e. The van der Waals surface area contributed by atoms with E-state index in [0.29, 0.717) is 18.7 Å². The second kappa shape index (κ2) is 7.03. The quantitative estimate of drug-likeness (QED) is 0.626. The molecular formula is C8H17NO3S. The van der Waals surface area contributed by atoms with E-state index in [0.717, 1.165) is 0 Å². The van der Waals surface area contributed by atoms with E-state index >= 15 is 0 Å². The van der Waals surface area contributed by atoms with Gasteiger partial charge in [0.2, 0.25) is 0 Å². The molecule has 2 unspecified atom stereocenters. The predicted molar refractivity (Wildman–Crippen MR) is 53.3 cm³/mol. The van der Waals surface area contributed by atoms with E-state index in [1.165, 1.54) is 0 Å². The van der Waals surface area contributed by atoms with Crippen molar-refractivity contribution in [1.29, 1.82) is 0 Å². The molecule has 0 aliphatic heterocycles. The molecule has 2 N–H and O–H groups in total. The van der Waals surface area contributed by atoms with Crippen molar-refractivity contribution in [3.8, 4) is 0 Å². The molecular weight excluding hydrogens is 190 g/mol. The van der Waals surface area contributed by atoms with Crippen molar-refractivity contribution in [2.75, 3.05) is 18.6 Å². The molecule has 5 heteroatoms. The van der Waals surface area contributed by atoms with Crippen molar-refractivity contribution in [2.24, 2.45) is 0 Å². The SMILES string of the molecule is CC(CCC(=O)O)NCCS(C)=O. The summed E-state index contributed by atoms with van der Waals surface area (Å²) in [6.45, 7) is 2.62. The Kier molecular flexibility index (Phi) is 6.80. The number of nitrogens with one attached hydrogen (secondary N) is 1. The first kappa shape index (κ1) is 12.6. The maximum atomic E-state index is 10.7. The van der Waals surface area contributed by atoms with Crippen LogP contribution in [0.5, 0.6) is 0 Å². The van der Waals surface area contributed by atoms with Gasteiger partial charge in [-0.25, -0.2) is 0 Å². The molecule has 0 radical (unpaired) electrons. The number of hydrogen-bond acceptors (Lipinski definition) is 3. The van der Waals surface area contributed by atoms with Gasteiger partial charge >= 0.3 is 5.97 Å². The van der Waals surface area contributed by atoms with E-state index in [-0.39, 0.29) is 12.5 Å². The summed E-state index contributed by atoms with van der Waals surface area (Å²) in [5.74, 6) is -0.148. The summed E-state index contributed by atoms with van der Waals surface area (Å²) in [5.41, 5.74) is 0. The van der Waals surface area contributed by atoms with Crippen LogP contribution < -0.4 is 5.32 Å². The number of carbonyl (C=O) groups is 1. The van der Waals surface area contributed by atoms with Gasteiger partial charge in [-0.15, -0.1) is 0 Å². The lowest BCUT2D eigenvalue weighted by molar-refractivity contribution is -0.137. The van der Waals surface area contributed by atoms with Gasteiger partial charge in [-0.1, -0.05) is 0 Å². The van der Waals surface area contributed by atoms with E-state index in [9.17, 15) is 9.00 Å². The van der Waals surface area contributed by atoms with Crippen LogP contribution >= 0.6 is 0 Å². The average Bonchev–Trinajstić information content (AvgIpc) is 2.00. The highest BCUT2D eigenvalue weighted by Crippen LogP contribution is 1.95. The van der Waals surface area contributed by atoms with Crippen LogP contribution in [0.3, 0.4) is 0 Å². The topological polar surface area (TPSA) is 66.4 Å². The Bertz CT molecular complexity index is 184. The zero-order valence-electron chi connectivity index (χ0n) is 8.08. The van der Waals surface area contributed by atoms with Crippen LogP contribution in [0.4, 0.5) is 0 Å². The standard InChI is InChI=1S/C8H17NO3S/c1-7(3-4-8(10)11)9-5-6-13(2)12/h7,9H,3-6H2,1-2H3,(H,10,11). The summed E-state index contributed by atoms with van der Waals surface area (Å²) in [7, 11) is -0.774. The van der Waals surface area contributed by atoms with Crippen molar-refractivity contribution < 1.29 is 14.1 Å². The maximum Gasteiger partial charge on any atom is 0.303 e. The summed E-state index contributed by atoms with van der Waals surface area (Å²) >= 11 is 0. The van der Waals surface area contributed by atoms with E-state index in [4.69, 9.17) is 5.11 Å². The number of carboxylic acid groups (broad SMARTS) is 1. The van der Waals surface area contributed by atoms with Gasteiger partial charge in [0.15, 0.2) is 0 Å². The zero-order chi connectivity index (χ0) is 10.3. The third-order valence-corrected chi connectivity index (χ3v) is 2.45. The second-order valence-electron chi connectivity index (χ2n) is 3.06. The summed E-state index contributed by atoms with van der Waals surface area (Å²) in [5, 5.41) is 11.5.